The van der Waals surface area contributed by atoms with Crippen LogP contribution in [0.25, 0.3) is 0 Å². The predicted octanol–water partition coefficient (Wildman–Crippen LogP) is -1.25. The molecule has 0 unspecified atom stereocenters. The van der Waals surface area contributed by atoms with Crippen molar-refractivity contribution in [2.75, 3.05) is 6.61 Å². The van der Waals surface area contributed by atoms with E-state index in [-0.39, 0.29) is 0 Å². The molecule has 14 heteroatoms. The molecule has 0 aromatic carbocycles. The average molecular weight is 427 g/mol. The predicted molar refractivity (Wildman–Crippen MR) is 87.1 cm³/mol. The second-order valence-corrected chi connectivity index (χ2v) is 7.01. The molecule has 160 valence electrons. The van der Waals surface area contributed by atoms with Gasteiger partial charge in [-0.25, -0.2) is 4.57 Å². The molecule has 0 aliphatic carbocycles. The Balaban J connectivity index is 3.34. The number of carbonyl (C=O) groups excluding carboxylic acids is 4. The summed E-state index contributed by atoms with van der Waals surface area (Å²) in [4.78, 5) is 63.9. The van der Waals surface area contributed by atoms with E-state index in [0.717, 1.165) is 27.7 Å². The summed E-state index contributed by atoms with van der Waals surface area (Å²) in [6.07, 6.45) is -5.98. The van der Waals surface area contributed by atoms with Crippen molar-refractivity contribution in [3.63, 3.8) is 0 Å². The largest absolute Gasteiger partial charge is 0.472 e. The minimum absolute atomic E-state index is 0.515. The molecule has 0 aromatic rings. The average Bonchev–Trinajstić information content (AvgIpc) is 2.48. The highest BCUT2D eigenvalue weighted by Crippen LogP contribution is 2.41. The quantitative estimate of drug-likeness (QED) is 0.250. The molecule has 1 amide bonds. The monoisotopic (exact) mass is 427 g/mol. The second kappa shape index (κ2) is 9.94. The minimum Gasteiger partial charge on any atom is -0.463 e. The number of nitrogens with one attached hydrogen (secondary N) is 1. The Labute approximate surface area is 159 Å². The first kappa shape index (κ1) is 24.0. The van der Waals surface area contributed by atoms with Crippen molar-refractivity contribution in [1.82, 2.24) is 5.32 Å². The maximum Gasteiger partial charge on any atom is 0.472 e. The highest BCUT2D eigenvalue weighted by molar-refractivity contribution is 7.46. The SMILES string of the molecule is CC(=O)N[C@H]1[C@@H](OP(=O)(O)O)O[C@H](COC(C)=O)[C@H](OC(C)=O)[C@@H]1OC(C)=O. The molecule has 0 radical (unpaired) electrons. The van der Waals surface area contributed by atoms with Gasteiger partial charge >= 0.3 is 25.7 Å². The van der Waals surface area contributed by atoms with Crippen molar-refractivity contribution in [3.05, 3.63) is 0 Å². The van der Waals surface area contributed by atoms with Gasteiger partial charge in [0.2, 0.25) is 5.91 Å². The first-order valence-corrected chi connectivity index (χ1v) is 9.47. The van der Waals surface area contributed by atoms with Crippen molar-refractivity contribution in [1.29, 1.82) is 0 Å². The standard InChI is InChI=1S/C14H22NO12P/c1-6(16)15-11-13(25-9(4)19)12(24-8(3)18)10(5-23-7(2)17)26-14(11)27-28(20,21)22/h10-14H,5H2,1-4H3,(H,15,16)(H2,20,21,22)/t10-,11-,12+,13-,14-/m1/s1. The van der Waals surface area contributed by atoms with Crippen LogP contribution in [0.1, 0.15) is 27.7 Å². The van der Waals surface area contributed by atoms with Gasteiger partial charge in [-0.05, 0) is 0 Å². The van der Waals surface area contributed by atoms with E-state index >= 15 is 0 Å². The third-order valence-electron chi connectivity index (χ3n) is 3.31. The summed E-state index contributed by atoms with van der Waals surface area (Å²) in [6.45, 7) is 3.76. The summed E-state index contributed by atoms with van der Waals surface area (Å²) in [5.41, 5.74) is 0. The van der Waals surface area contributed by atoms with E-state index in [1.807, 2.05) is 0 Å². The van der Waals surface area contributed by atoms with Crippen LogP contribution in [0.4, 0.5) is 0 Å². The molecule has 0 spiro atoms. The number of rotatable bonds is 7. The van der Waals surface area contributed by atoms with Crippen molar-refractivity contribution >= 4 is 31.6 Å². The molecule has 0 bridgehead atoms. The topological polar surface area (TPSA) is 184 Å². The molecule has 1 heterocycles. The van der Waals surface area contributed by atoms with Crippen LogP contribution in [0.2, 0.25) is 0 Å². The number of amides is 1. The van der Waals surface area contributed by atoms with Gasteiger partial charge in [-0.2, -0.15) is 0 Å². The van der Waals surface area contributed by atoms with Crippen LogP contribution < -0.4 is 5.32 Å². The summed E-state index contributed by atoms with van der Waals surface area (Å²) in [5, 5.41) is 2.29. The molecule has 1 saturated heterocycles. The van der Waals surface area contributed by atoms with Gasteiger partial charge in [-0.15, -0.1) is 0 Å². The number of esters is 3. The molecule has 28 heavy (non-hydrogen) atoms. The molecule has 3 N–H and O–H groups in total. The van der Waals surface area contributed by atoms with Crippen molar-refractivity contribution in [2.45, 2.75) is 58.3 Å². The molecule has 1 fully saturated rings. The normalized spacial score (nSPS) is 27.4. The number of carbonyl (C=O) groups is 4. The Bertz CT molecular complexity index is 661. The molecule has 1 rings (SSSR count). The molecular weight excluding hydrogens is 405 g/mol. The fraction of sp³-hybridized carbons (Fsp3) is 0.714. The van der Waals surface area contributed by atoms with E-state index in [2.05, 4.69) is 9.84 Å². The summed E-state index contributed by atoms with van der Waals surface area (Å²) < 4.78 is 36.3. The van der Waals surface area contributed by atoms with Gasteiger partial charge in [0.1, 0.15) is 18.8 Å². The lowest BCUT2D eigenvalue weighted by atomic mass is 9.96. The lowest BCUT2D eigenvalue weighted by Crippen LogP contribution is -2.66. The third-order valence-corrected chi connectivity index (χ3v) is 3.79. The Morgan fingerprint density at radius 2 is 1.50 bits per heavy atom. The van der Waals surface area contributed by atoms with Gasteiger partial charge < -0.3 is 34.1 Å². The zero-order chi connectivity index (χ0) is 21.6. The van der Waals surface area contributed by atoms with Gasteiger partial charge in [0.25, 0.3) is 0 Å². The summed E-state index contributed by atoms with van der Waals surface area (Å²) in [7, 11) is -5.12. The highest BCUT2D eigenvalue weighted by atomic mass is 31.2. The van der Waals surface area contributed by atoms with Gasteiger partial charge in [0.05, 0.1) is 0 Å². The first-order chi connectivity index (χ1) is 12.8. The van der Waals surface area contributed by atoms with Crippen LogP contribution in [0.3, 0.4) is 0 Å². The zero-order valence-electron chi connectivity index (χ0n) is 15.5. The van der Waals surface area contributed by atoms with Gasteiger partial charge in [-0.3, -0.25) is 23.7 Å². The van der Waals surface area contributed by atoms with E-state index in [1.54, 1.807) is 0 Å². The van der Waals surface area contributed by atoms with E-state index in [4.69, 9.17) is 28.7 Å². The maximum atomic E-state index is 11.5. The fourth-order valence-electron chi connectivity index (χ4n) is 2.52. The number of ether oxygens (including phenoxy) is 4. The number of phosphoric acid groups is 1. The molecule has 5 atom stereocenters. The van der Waals surface area contributed by atoms with Gasteiger partial charge in [0.15, 0.2) is 18.5 Å². The Morgan fingerprint density at radius 1 is 0.964 bits per heavy atom. The first-order valence-electron chi connectivity index (χ1n) is 7.94. The Morgan fingerprint density at radius 3 is 1.93 bits per heavy atom. The number of phosphoric ester groups is 1. The molecule has 0 aromatic heterocycles. The van der Waals surface area contributed by atoms with Gasteiger partial charge in [0, 0.05) is 27.7 Å². The van der Waals surface area contributed by atoms with E-state index in [9.17, 15) is 23.7 Å². The van der Waals surface area contributed by atoms with Crippen LogP contribution in [-0.4, -0.2) is 70.9 Å². The van der Waals surface area contributed by atoms with E-state index < -0.39 is 68.9 Å². The molecular formula is C14H22NO12P. The molecule has 0 saturated carbocycles. The van der Waals surface area contributed by atoms with Crippen molar-refractivity contribution < 1.29 is 57.0 Å². The summed E-state index contributed by atoms with van der Waals surface area (Å²) in [5.74, 6) is -3.05. The second-order valence-electron chi connectivity index (χ2n) is 5.82. The summed E-state index contributed by atoms with van der Waals surface area (Å²) >= 11 is 0. The van der Waals surface area contributed by atoms with E-state index in [1.165, 1.54) is 0 Å². The number of hydrogen-bond donors (Lipinski definition) is 3. The maximum absolute atomic E-state index is 11.5. The molecule has 1 aliphatic heterocycles. The lowest BCUT2D eigenvalue weighted by molar-refractivity contribution is -0.259. The minimum atomic E-state index is -5.12. The Hall–Kier alpha value is -2.05. The van der Waals surface area contributed by atoms with Crippen LogP contribution >= 0.6 is 7.82 Å². The van der Waals surface area contributed by atoms with E-state index in [0.29, 0.717) is 0 Å². The van der Waals surface area contributed by atoms with Crippen LogP contribution in [0.5, 0.6) is 0 Å². The summed E-state index contributed by atoms with van der Waals surface area (Å²) in [6, 6.07) is -1.45. The van der Waals surface area contributed by atoms with Crippen molar-refractivity contribution in [3.8, 4) is 0 Å². The molecule has 13 nitrogen and oxygen atoms in total. The molecule has 1 aliphatic rings. The Kier molecular flexibility index (Phi) is 8.51. The zero-order valence-corrected chi connectivity index (χ0v) is 16.4. The third kappa shape index (κ3) is 7.90. The van der Waals surface area contributed by atoms with Crippen LogP contribution in [0.15, 0.2) is 0 Å². The lowest BCUT2D eigenvalue weighted by Gasteiger charge is -2.44. The smallest absolute Gasteiger partial charge is 0.463 e. The fourth-order valence-corrected chi connectivity index (χ4v) is 2.97. The van der Waals surface area contributed by atoms with Crippen LogP contribution in [-0.2, 0) is 47.2 Å². The number of hydrogen-bond acceptors (Lipinski definition) is 10. The highest BCUT2D eigenvalue weighted by Gasteiger charge is 2.52. The van der Waals surface area contributed by atoms with Gasteiger partial charge in [-0.1, -0.05) is 0 Å². The van der Waals surface area contributed by atoms with Crippen LogP contribution in [0, 0.1) is 0 Å². The van der Waals surface area contributed by atoms with Crippen molar-refractivity contribution in [2.24, 2.45) is 0 Å².